The molecule has 3 rings (SSSR count). The second-order valence-corrected chi connectivity index (χ2v) is 5.70. The van der Waals surface area contributed by atoms with Crippen LogP contribution in [0.25, 0.3) is 0 Å². The van der Waals surface area contributed by atoms with E-state index in [4.69, 9.17) is 9.15 Å². The number of ether oxygens (including phenoxy) is 1. The fraction of sp³-hybridized carbons (Fsp3) is 0.353. The number of rotatable bonds is 5. The number of anilines is 2. The molecule has 2 aromatic heterocycles. The van der Waals surface area contributed by atoms with Crippen molar-refractivity contribution in [1.29, 1.82) is 0 Å². The smallest absolute Gasteiger partial charge is 0.255 e. The molecule has 25 heavy (non-hydrogen) atoms. The number of nitrogens with one attached hydrogen (secondary N) is 2. The van der Waals surface area contributed by atoms with Crippen LogP contribution in [0, 0.1) is 0 Å². The monoisotopic (exact) mass is 344 g/mol. The first-order valence-electron chi connectivity index (χ1n) is 8.06. The molecule has 1 atom stereocenters. The van der Waals surface area contributed by atoms with Gasteiger partial charge in [0.15, 0.2) is 0 Å². The summed E-state index contributed by atoms with van der Waals surface area (Å²) in [5.74, 6) is -0.276. The van der Waals surface area contributed by atoms with Crippen LogP contribution in [0.4, 0.5) is 11.5 Å². The first-order chi connectivity index (χ1) is 12.1. The Morgan fingerprint density at radius 3 is 2.68 bits per heavy atom. The first kappa shape index (κ1) is 17.0. The van der Waals surface area contributed by atoms with Crippen molar-refractivity contribution in [2.75, 3.05) is 36.5 Å². The number of hydrogen-bond acceptors (Lipinski definition) is 6. The highest BCUT2D eigenvalue weighted by Gasteiger charge is 2.18. The average Bonchev–Trinajstić information content (AvgIpc) is 3.18. The molecule has 2 aromatic rings. The molecule has 0 saturated carbocycles. The van der Waals surface area contributed by atoms with Crippen molar-refractivity contribution in [2.24, 2.45) is 0 Å². The van der Waals surface area contributed by atoms with Crippen LogP contribution in [0.3, 0.4) is 0 Å². The molecule has 2 N–H and O–H groups in total. The van der Waals surface area contributed by atoms with Gasteiger partial charge in [-0.15, -0.1) is 0 Å². The summed E-state index contributed by atoms with van der Waals surface area (Å²) in [4.78, 5) is 30.5. The lowest BCUT2D eigenvalue weighted by molar-refractivity contribution is -0.117. The lowest BCUT2D eigenvalue weighted by Gasteiger charge is -2.28. The minimum absolute atomic E-state index is 0.344. The molecular formula is C17H20N4O4. The Hall–Kier alpha value is -2.87. The minimum Gasteiger partial charge on any atom is -0.472 e. The van der Waals surface area contributed by atoms with Crippen molar-refractivity contribution in [2.45, 2.75) is 13.0 Å². The number of hydrogen-bond donors (Lipinski definition) is 2. The lowest BCUT2D eigenvalue weighted by atomic mass is 10.2. The summed E-state index contributed by atoms with van der Waals surface area (Å²) >= 11 is 0. The van der Waals surface area contributed by atoms with E-state index in [0.29, 0.717) is 24.6 Å². The molecule has 1 aliphatic heterocycles. The number of nitrogens with zero attached hydrogens (tertiary/aromatic N) is 2. The van der Waals surface area contributed by atoms with Crippen LogP contribution in [-0.2, 0) is 9.53 Å². The molecule has 0 bridgehead atoms. The molecule has 8 nitrogen and oxygen atoms in total. The van der Waals surface area contributed by atoms with Crippen LogP contribution in [0.2, 0.25) is 0 Å². The Balaban J connectivity index is 1.54. The van der Waals surface area contributed by atoms with Crippen LogP contribution in [0.5, 0.6) is 0 Å². The molecule has 2 amide bonds. The summed E-state index contributed by atoms with van der Waals surface area (Å²) < 4.78 is 10.2. The minimum atomic E-state index is -0.705. The van der Waals surface area contributed by atoms with E-state index in [0.717, 1.165) is 18.8 Å². The maximum Gasteiger partial charge on any atom is 0.255 e. The Labute approximate surface area is 145 Å². The van der Waals surface area contributed by atoms with Gasteiger partial charge < -0.3 is 24.7 Å². The molecule has 3 heterocycles. The third kappa shape index (κ3) is 4.36. The lowest BCUT2D eigenvalue weighted by Crippen LogP contribution is -2.41. The van der Waals surface area contributed by atoms with Crippen LogP contribution < -0.4 is 15.5 Å². The number of furan rings is 1. The molecule has 0 aliphatic carbocycles. The molecule has 1 aliphatic rings. The quantitative estimate of drug-likeness (QED) is 0.848. The largest absolute Gasteiger partial charge is 0.472 e. The highest BCUT2D eigenvalue weighted by Crippen LogP contribution is 2.16. The number of amides is 2. The zero-order chi connectivity index (χ0) is 17.6. The Morgan fingerprint density at radius 1 is 1.24 bits per heavy atom. The molecule has 1 fully saturated rings. The van der Waals surface area contributed by atoms with Gasteiger partial charge in [0, 0.05) is 13.1 Å². The molecular weight excluding hydrogens is 324 g/mol. The van der Waals surface area contributed by atoms with Gasteiger partial charge >= 0.3 is 0 Å². The summed E-state index contributed by atoms with van der Waals surface area (Å²) in [5, 5.41) is 5.30. The second-order valence-electron chi connectivity index (χ2n) is 5.70. The van der Waals surface area contributed by atoms with Gasteiger partial charge in [0.1, 0.15) is 18.1 Å². The maximum atomic E-state index is 12.2. The molecule has 0 radical (unpaired) electrons. The Kier molecular flexibility index (Phi) is 5.30. The van der Waals surface area contributed by atoms with Crippen molar-refractivity contribution in [1.82, 2.24) is 10.3 Å². The van der Waals surface area contributed by atoms with Gasteiger partial charge in [-0.3, -0.25) is 9.59 Å². The molecule has 8 heteroatoms. The van der Waals surface area contributed by atoms with Gasteiger partial charge in [0.25, 0.3) is 5.91 Å². The molecule has 0 spiro atoms. The van der Waals surface area contributed by atoms with E-state index in [2.05, 4.69) is 20.5 Å². The summed E-state index contributed by atoms with van der Waals surface area (Å²) in [5.41, 5.74) is 1.36. The zero-order valence-corrected chi connectivity index (χ0v) is 13.9. The van der Waals surface area contributed by atoms with Crippen LogP contribution in [0.1, 0.15) is 17.3 Å². The molecule has 1 unspecified atom stereocenters. The summed E-state index contributed by atoms with van der Waals surface area (Å²) in [6, 6.07) is 4.48. The average molecular weight is 344 g/mol. The molecule has 132 valence electrons. The third-order valence-electron chi connectivity index (χ3n) is 3.90. The van der Waals surface area contributed by atoms with Crippen molar-refractivity contribution in [3.05, 3.63) is 42.5 Å². The number of morpholine rings is 1. The fourth-order valence-corrected chi connectivity index (χ4v) is 2.44. The number of aromatic nitrogens is 1. The first-order valence-corrected chi connectivity index (χ1v) is 8.06. The van der Waals surface area contributed by atoms with Gasteiger partial charge in [-0.05, 0) is 25.1 Å². The second kappa shape index (κ2) is 7.80. The SMILES string of the molecule is CC(NC(=O)c1ccoc1)C(=O)Nc1ccc(N2CCOCC2)cn1. The highest BCUT2D eigenvalue weighted by atomic mass is 16.5. The van der Waals surface area contributed by atoms with E-state index in [-0.39, 0.29) is 11.8 Å². The van der Waals surface area contributed by atoms with E-state index in [1.165, 1.54) is 18.6 Å². The van der Waals surface area contributed by atoms with Crippen molar-refractivity contribution in [3.8, 4) is 0 Å². The zero-order valence-electron chi connectivity index (χ0n) is 13.9. The van der Waals surface area contributed by atoms with Crippen molar-refractivity contribution in [3.63, 3.8) is 0 Å². The third-order valence-corrected chi connectivity index (χ3v) is 3.90. The molecule has 1 saturated heterocycles. The number of carbonyl (C=O) groups is 2. The normalized spacial score (nSPS) is 15.5. The fourth-order valence-electron chi connectivity index (χ4n) is 2.44. The Bertz CT molecular complexity index is 709. The van der Waals surface area contributed by atoms with E-state index >= 15 is 0 Å². The molecule has 0 aromatic carbocycles. The van der Waals surface area contributed by atoms with E-state index in [1.54, 1.807) is 19.2 Å². The van der Waals surface area contributed by atoms with Gasteiger partial charge in [-0.2, -0.15) is 0 Å². The van der Waals surface area contributed by atoms with Gasteiger partial charge in [0.05, 0.1) is 36.9 Å². The van der Waals surface area contributed by atoms with Crippen LogP contribution >= 0.6 is 0 Å². The van der Waals surface area contributed by atoms with Crippen LogP contribution in [0.15, 0.2) is 41.3 Å². The van der Waals surface area contributed by atoms with Crippen molar-refractivity contribution >= 4 is 23.3 Å². The van der Waals surface area contributed by atoms with Gasteiger partial charge in [-0.25, -0.2) is 4.98 Å². The predicted octanol–water partition coefficient (Wildman–Crippen LogP) is 1.27. The predicted molar refractivity (Wildman–Crippen MR) is 91.5 cm³/mol. The van der Waals surface area contributed by atoms with Crippen molar-refractivity contribution < 1.29 is 18.7 Å². The van der Waals surface area contributed by atoms with Crippen LogP contribution in [-0.4, -0.2) is 49.1 Å². The Morgan fingerprint density at radius 2 is 2.04 bits per heavy atom. The van der Waals surface area contributed by atoms with Gasteiger partial charge in [0.2, 0.25) is 5.91 Å². The summed E-state index contributed by atoms with van der Waals surface area (Å²) in [7, 11) is 0. The summed E-state index contributed by atoms with van der Waals surface area (Å²) in [6.07, 6.45) is 4.45. The number of carbonyl (C=O) groups excluding carboxylic acids is 2. The highest BCUT2D eigenvalue weighted by molar-refractivity contribution is 6.00. The number of pyridine rings is 1. The summed E-state index contributed by atoms with van der Waals surface area (Å²) in [6.45, 7) is 4.66. The topological polar surface area (TPSA) is 96.7 Å². The van der Waals surface area contributed by atoms with E-state index in [1.807, 2.05) is 6.07 Å². The van der Waals surface area contributed by atoms with E-state index < -0.39 is 6.04 Å². The maximum absolute atomic E-state index is 12.2. The van der Waals surface area contributed by atoms with E-state index in [9.17, 15) is 9.59 Å². The van der Waals surface area contributed by atoms with Gasteiger partial charge in [-0.1, -0.05) is 0 Å². The standard InChI is InChI=1S/C17H20N4O4/c1-12(19-17(23)13-4-7-25-11-13)16(22)20-15-3-2-14(10-18-15)21-5-8-24-9-6-21/h2-4,7,10-12H,5-6,8-9H2,1H3,(H,19,23)(H,18,20,22).